The van der Waals surface area contributed by atoms with Crippen LogP contribution in [0.25, 0.3) is 0 Å². The first kappa shape index (κ1) is 12.3. The number of carbonyl (C=O) groups excluding carboxylic acids is 1. The van der Waals surface area contributed by atoms with E-state index in [-0.39, 0.29) is 5.56 Å². The van der Waals surface area contributed by atoms with E-state index in [4.69, 9.17) is 10.5 Å². The van der Waals surface area contributed by atoms with Crippen molar-refractivity contribution < 1.29 is 27.1 Å². The van der Waals surface area contributed by atoms with Crippen LogP contribution < -0.4 is 5.73 Å². The lowest BCUT2D eigenvalue weighted by atomic mass is 10.0. The summed E-state index contributed by atoms with van der Waals surface area (Å²) in [5, 5.41) is 0. The SMILES string of the molecule is NC1=NC(=O)C(c2cc(F)cc(C(F)(F)F)c2)O1. The molecule has 1 aromatic carbocycles. The molecule has 0 fully saturated rings. The number of nitrogens with two attached hydrogens (primary N) is 1. The van der Waals surface area contributed by atoms with Crippen LogP contribution in [0.2, 0.25) is 0 Å². The number of hydrogen-bond acceptors (Lipinski definition) is 3. The quantitative estimate of drug-likeness (QED) is 0.784. The van der Waals surface area contributed by atoms with Gasteiger partial charge in [-0.05, 0) is 18.2 Å². The molecule has 1 aromatic rings. The molecule has 2 N–H and O–H groups in total. The lowest BCUT2D eigenvalue weighted by molar-refractivity contribution is -0.138. The van der Waals surface area contributed by atoms with Gasteiger partial charge in [0.1, 0.15) is 5.82 Å². The molecule has 18 heavy (non-hydrogen) atoms. The van der Waals surface area contributed by atoms with Gasteiger partial charge in [0.05, 0.1) is 5.56 Å². The first-order valence-corrected chi connectivity index (χ1v) is 4.70. The van der Waals surface area contributed by atoms with Gasteiger partial charge in [-0.25, -0.2) is 4.39 Å². The van der Waals surface area contributed by atoms with Gasteiger partial charge in [0.25, 0.3) is 11.9 Å². The number of halogens is 4. The fourth-order valence-corrected chi connectivity index (χ4v) is 1.50. The number of carbonyl (C=O) groups is 1. The summed E-state index contributed by atoms with van der Waals surface area (Å²) in [6.45, 7) is 0. The second-order valence-electron chi connectivity index (χ2n) is 3.56. The largest absolute Gasteiger partial charge is 0.447 e. The standard InChI is InChI=1S/C10H6F4N2O2/c11-6-2-4(1-5(3-6)10(12,13)14)7-8(17)16-9(15)18-7/h1-3,7H,(H2,15,16,17). The lowest BCUT2D eigenvalue weighted by Crippen LogP contribution is -2.15. The molecule has 1 aliphatic rings. The van der Waals surface area contributed by atoms with E-state index < -0.39 is 35.6 Å². The van der Waals surface area contributed by atoms with Crippen molar-refractivity contribution in [2.45, 2.75) is 12.3 Å². The Kier molecular flexibility index (Phi) is 2.72. The highest BCUT2D eigenvalue weighted by Crippen LogP contribution is 2.33. The average molecular weight is 262 g/mol. The highest BCUT2D eigenvalue weighted by molar-refractivity contribution is 5.98. The number of aliphatic imine (C=N–C) groups is 1. The molecule has 1 heterocycles. The van der Waals surface area contributed by atoms with Crippen LogP contribution in [0.15, 0.2) is 23.2 Å². The van der Waals surface area contributed by atoms with Gasteiger partial charge in [0, 0.05) is 5.56 Å². The van der Waals surface area contributed by atoms with Crippen molar-refractivity contribution in [1.29, 1.82) is 0 Å². The number of amides is 1. The Morgan fingerprint density at radius 1 is 1.28 bits per heavy atom. The van der Waals surface area contributed by atoms with Gasteiger partial charge < -0.3 is 10.5 Å². The smallest absolute Gasteiger partial charge is 0.416 e. The van der Waals surface area contributed by atoms with Crippen molar-refractivity contribution >= 4 is 11.9 Å². The van der Waals surface area contributed by atoms with Gasteiger partial charge in [0.2, 0.25) is 6.10 Å². The predicted molar refractivity (Wildman–Crippen MR) is 51.9 cm³/mol. The highest BCUT2D eigenvalue weighted by atomic mass is 19.4. The third kappa shape index (κ3) is 2.27. The summed E-state index contributed by atoms with van der Waals surface area (Å²) in [6.07, 6.45) is -6.15. The van der Waals surface area contributed by atoms with Gasteiger partial charge in [-0.2, -0.15) is 18.2 Å². The van der Waals surface area contributed by atoms with Crippen molar-refractivity contribution in [3.05, 3.63) is 35.1 Å². The minimum Gasteiger partial charge on any atom is -0.447 e. The van der Waals surface area contributed by atoms with Crippen molar-refractivity contribution in [2.24, 2.45) is 10.7 Å². The molecule has 2 rings (SSSR count). The van der Waals surface area contributed by atoms with E-state index in [2.05, 4.69) is 4.99 Å². The van der Waals surface area contributed by atoms with Gasteiger partial charge in [-0.1, -0.05) is 0 Å². The molecule has 1 unspecified atom stereocenters. The Hall–Kier alpha value is -2.12. The van der Waals surface area contributed by atoms with E-state index in [0.29, 0.717) is 12.1 Å². The van der Waals surface area contributed by atoms with Crippen LogP contribution >= 0.6 is 0 Å². The van der Waals surface area contributed by atoms with Crippen LogP contribution in [0.4, 0.5) is 17.6 Å². The van der Waals surface area contributed by atoms with Crippen molar-refractivity contribution in [3.8, 4) is 0 Å². The van der Waals surface area contributed by atoms with E-state index >= 15 is 0 Å². The number of nitrogens with zero attached hydrogens (tertiary/aromatic N) is 1. The molecule has 0 aliphatic carbocycles. The number of ether oxygens (including phenoxy) is 1. The van der Waals surface area contributed by atoms with Crippen LogP contribution in [0.5, 0.6) is 0 Å². The summed E-state index contributed by atoms with van der Waals surface area (Å²) in [5.74, 6) is -1.99. The molecule has 0 saturated heterocycles. The van der Waals surface area contributed by atoms with Crippen LogP contribution in [-0.2, 0) is 15.7 Å². The third-order valence-electron chi connectivity index (χ3n) is 2.23. The lowest BCUT2D eigenvalue weighted by Gasteiger charge is -2.12. The van der Waals surface area contributed by atoms with Crippen LogP contribution in [-0.4, -0.2) is 11.9 Å². The van der Waals surface area contributed by atoms with Crippen molar-refractivity contribution in [2.75, 3.05) is 0 Å². The van der Waals surface area contributed by atoms with E-state index in [1.165, 1.54) is 0 Å². The monoisotopic (exact) mass is 262 g/mol. The number of alkyl halides is 3. The molecule has 0 bridgehead atoms. The summed E-state index contributed by atoms with van der Waals surface area (Å²) in [5.41, 5.74) is 3.62. The summed E-state index contributed by atoms with van der Waals surface area (Å²) in [7, 11) is 0. The van der Waals surface area contributed by atoms with Gasteiger partial charge in [0.15, 0.2) is 0 Å². The van der Waals surface area contributed by atoms with Gasteiger partial charge in [-0.3, -0.25) is 4.79 Å². The third-order valence-corrected chi connectivity index (χ3v) is 2.23. The molecule has 8 heteroatoms. The first-order chi connectivity index (χ1) is 8.27. The molecule has 4 nitrogen and oxygen atoms in total. The number of amidine groups is 1. The zero-order chi connectivity index (χ0) is 13.5. The van der Waals surface area contributed by atoms with E-state index in [0.717, 1.165) is 6.07 Å². The molecule has 0 aromatic heterocycles. The van der Waals surface area contributed by atoms with E-state index in [9.17, 15) is 22.4 Å². The van der Waals surface area contributed by atoms with Crippen molar-refractivity contribution in [3.63, 3.8) is 0 Å². The Morgan fingerprint density at radius 2 is 1.94 bits per heavy atom. The van der Waals surface area contributed by atoms with Crippen LogP contribution in [0.3, 0.4) is 0 Å². The van der Waals surface area contributed by atoms with Crippen molar-refractivity contribution in [1.82, 2.24) is 0 Å². The number of benzene rings is 1. The fourth-order valence-electron chi connectivity index (χ4n) is 1.50. The molecule has 0 saturated carbocycles. The summed E-state index contributed by atoms with van der Waals surface area (Å²) in [6, 6.07) is 1.27. The Bertz CT molecular complexity index is 539. The first-order valence-electron chi connectivity index (χ1n) is 4.70. The van der Waals surface area contributed by atoms with Gasteiger partial charge >= 0.3 is 6.18 Å². The normalized spacial score (nSPS) is 19.7. The van der Waals surface area contributed by atoms with Gasteiger partial charge in [-0.15, -0.1) is 0 Å². The molecule has 1 aliphatic heterocycles. The van der Waals surface area contributed by atoms with E-state index in [1.807, 2.05) is 0 Å². The average Bonchev–Trinajstić information content (AvgIpc) is 2.55. The minimum atomic E-state index is -4.72. The maximum Gasteiger partial charge on any atom is 0.416 e. The predicted octanol–water partition coefficient (Wildman–Crippen LogP) is 1.76. The molecule has 1 atom stereocenters. The molecule has 1 amide bonds. The maximum absolute atomic E-state index is 13.1. The number of rotatable bonds is 1. The van der Waals surface area contributed by atoms with Crippen LogP contribution in [0, 0.1) is 5.82 Å². The molecular formula is C10H6F4N2O2. The Morgan fingerprint density at radius 3 is 2.44 bits per heavy atom. The molecular weight excluding hydrogens is 256 g/mol. The molecule has 0 spiro atoms. The minimum absolute atomic E-state index is 0.281. The Balaban J connectivity index is 2.41. The van der Waals surface area contributed by atoms with Crippen LogP contribution in [0.1, 0.15) is 17.2 Å². The molecule has 0 radical (unpaired) electrons. The summed E-state index contributed by atoms with van der Waals surface area (Å²) >= 11 is 0. The zero-order valence-electron chi connectivity index (χ0n) is 8.66. The maximum atomic E-state index is 13.1. The molecule has 96 valence electrons. The Labute approximate surface area is 98.1 Å². The summed E-state index contributed by atoms with van der Waals surface area (Å²) in [4.78, 5) is 14.5. The second kappa shape index (κ2) is 3.97. The number of hydrogen-bond donors (Lipinski definition) is 1. The zero-order valence-corrected chi connectivity index (χ0v) is 8.66. The summed E-state index contributed by atoms with van der Waals surface area (Å²) < 4.78 is 55.2. The highest BCUT2D eigenvalue weighted by Gasteiger charge is 2.35. The van der Waals surface area contributed by atoms with E-state index in [1.54, 1.807) is 0 Å². The fraction of sp³-hybridized carbons (Fsp3) is 0.200. The second-order valence-corrected chi connectivity index (χ2v) is 3.56. The topological polar surface area (TPSA) is 64.7 Å².